The van der Waals surface area contributed by atoms with E-state index in [0.717, 1.165) is 54.7 Å². The number of anilines is 1. The minimum absolute atomic E-state index is 0.137. The van der Waals surface area contributed by atoms with Crippen molar-refractivity contribution in [2.24, 2.45) is 0 Å². The normalized spacial score (nSPS) is 20.0. The van der Waals surface area contributed by atoms with E-state index in [1.807, 2.05) is 26.0 Å². The Labute approximate surface area is 221 Å². The predicted molar refractivity (Wildman–Crippen MR) is 151 cm³/mol. The number of nitrogens with zero attached hydrogens (tertiary/aromatic N) is 1. The molecule has 2 N–H and O–H groups in total. The Morgan fingerprint density at radius 1 is 1.00 bits per heavy atom. The van der Waals surface area contributed by atoms with Crippen molar-refractivity contribution in [3.63, 3.8) is 0 Å². The number of rotatable bonds is 8. The molecule has 3 aliphatic rings. The Hall–Kier alpha value is -2.63. The first-order valence-electron chi connectivity index (χ1n) is 13.3. The number of likely N-dealkylation sites (tertiary alicyclic amines) is 1. The Morgan fingerprint density at radius 3 is 2.36 bits per heavy atom. The van der Waals surface area contributed by atoms with Crippen LogP contribution in [-0.2, 0) is 0 Å². The maximum absolute atomic E-state index is 6.60. The molecule has 1 saturated heterocycles. The number of halogens is 1. The topological polar surface area (TPSA) is 45.8 Å². The lowest BCUT2D eigenvalue weighted by Crippen LogP contribution is -2.40. The Bertz CT molecular complexity index is 1050. The summed E-state index contributed by atoms with van der Waals surface area (Å²) in [7, 11) is 3.40. The van der Waals surface area contributed by atoms with Crippen LogP contribution in [0.15, 0.2) is 60.3 Å². The molecule has 2 aliphatic heterocycles. The van der Waals surface area contributed by atoms with Crippen molar-refractivity contribution >= 4 is 17.3 Å². The van der Waals surface area contributed by atoms with E-state index in [1.165, 1.54) is 29.5 Å². The zero-order chi connectivity index (χ0) is 25.5. The molecule has 0 bridgehead atoms. The van der Waals surface area contributed by atoms with Crippen LogP contribution in [-0.4, -0.2) is 44.8 Å². The molecule has 0 aromatic heterocycles. The predicted octanol–water partition coefficient (Wildman–Crippen LogP) is 6.92. The molecule has 1 aliphatic carbocycles. The van der Waals surface area contributed by atoms with Crippen LogP contribution in [0, 0.1) is 0 Å². The van der Waals surface area contributed by atoms with Crippen molar-refractivity contribution in [2.45, 2.75) is 57.5 Å². The van der Waals surface area contributed by atoms with Crippen molar-refractivity contribution < 1.29 is 9.47 Å². The number of benzene rings is 2. The van der Waals surface area contributed by atoms with Gasteiger partial charge in [0, 0.05) is 31.4 Å². The molecule has 194 valence electrons. The van der Waals surface area contributed by atoms with Gasteiger partial charge in [0.15, 0.2) is 0 Å². The molecule has 2 fully saturated rings. The Morgan fingerprint density at radius 2 is 1.72 bits per heavy atom. The summed E-state index contributed by atoms with van der Waals surface area (Å²) in [5.74, 6) is 2.25. The standard InChI is InChI=1S/C28H34ClN3O2.C2H6/c1-33-24-7-5-22(6-8-24)31-23-10-13-32(14-11-23)18-19-9-12-30-26(15-19)21-16-25(20-3-4-20)28(29)27(17-21)34-2;1-2/h5-9,12,15-17,20,23,26,30-31H,3-4,10-11,13-14,18H2,1-2H3;1-2H3. The smallest absolute Gasteiger partial charge is 0.138 e. The number of methoxy groups -OCH3 is 2. The van der Waals surface area contributed by atoms with Crippen LogP contribution in [0.25, 0.3) is 0 Å². The second-order valence-corrected chi connectivity index (χ2v) is 9.92. The third-order valence-corrected chi connectivity index (χ3v) is 7.50. The number of ether oxygens (including phenoxy) is 2. The zero-order valence-corrected chi connectivity index (χ0v) is 22.8. The molecular formula is C30H40ClN3O2. The van der Waals surface area contributed by atoms with Gasteiger partial charge >= 0.3 is 0 Å². The van der Waals surface area contributed by atoms with Crippen LogP contribution < -0.4 is 20.1 Å². The van der Waals surface area contributed by atoms with Crippen molar-refractivity contribution in [1.82, 2.24) is 10.2 Å². The molecule has 1 atom stereocenters. The largest absolute Gasteiger partial charge is 0.497 e. The van der Waals surface area contributed by atoms with Gasteiger partial charge in [-0.15, -0.1) is 0 Å². The van der Waals surface area contributed by atoms with Gasteiger partial charge in [-0.05, 0) is 90.9 Å². The van der Waals surface area contributed by atoms with Crippen LogP contribution >= 0.6 is 11.6 Å². The maximum Gasteiger partial charge on any atom is 0.138 e. The second kappa shape index (κ2) is 12.6. The number of piperidine rings is 1. The molecule has 2 heterocycles. The number of dihydropyridines is 1. The van der Waals surface area contributed by atoms with Crippen molar-refractivity contribution in [3.05, 3.63) is 76.5 Å². The molecule has 1 unspecified atom stereocenters. The summed E-state index contributed by atoms with van der Waals surface area (Å²) in [6.07, 6.45) is 11.3. The van der Waals surface area contributed by atoms with E-state index in [-0.39, 0.29) is 6.04 Å². The first-order chi connectivity index (χ1) is 17.6. The van der Waals surface area contributed by atoms with Crippen LogP contribution in [0.5, 0.6) is 11.5 Å². The van der Waals surface area contributed by atoms with Gasteiger partial charge in [0.2, 0.25) is 0 Å². The molecule has 2 aromatic rings. The Kier molecular flexibility index (Phi) is 9.22. The monoisotopic (exact) mass is 509 g/mol. The average molecular weight is 510 g/mol. The van der Waals surface area contributed by atoms with Crippen LogP contribution in [0.4, 0.5) is 5.69 Å². The average Bonchev–Trinajstić information content (AvgIpc) is 3.77. The van der Waals surface area contributed by atoms with Gasteiger partial charge in [-0.1, -0.05) is 37.6 Å². The van der Waals surface area contributed by atoms with E-state index in [9.17, 15) is 0 Å². The van der Waals surface area contributed by atoms with Crippen molar-refractivity contribution in [3.8, 4) is 11.5 Å². The van der Waals surface area contributed by atoms with Gasteiger partial charge in [-0.3, -0.25) is 4.90 Å². The molecule has 0 amide bonds. The van der Waals surface area contributed by atoms with Gasteiger partial charge in [0.05, 0.1) is 25.3 Å². The van der Waals surface area contributed by atoms with E-state index < -0.39 is 0 Å². The fourth-order valence-corrected chi connectivity index (χ4v) is 5.29. The first-order valence-corrected chi connectivity index (χ1v) is 13.6. The highest BCUT2D eigenvalue weighted by molar-refractivity contribution is 6.33. The summed E-state index contributed by atoms with van der Waals surface area (Å²) in [4.78, 5) is 2.56. The SMILES string of the molecule is CC.COc1ccc(NC2CCN(CC3=CC(c4cc(OC)c(Cl)c(C5CC5)c4)NC=C3)CC2)cc1. The van der Waals surface area contributed by atoms with Gasteiger partial charge in [-0.2, -0.15) is 0 Å². The molecule has 1 saturated carbocycles. The van der Waals surface area contributed by atoms with Crippen LogP contribution in [0.2, 0.25) is 5.02 Å². The van der Waals surface area contributed by atoms with E-state index in [1.54, 1.807) is 14.2 Å². The van der Waals surface area contributed by atoms with Gasteiger partial charge in [-0.25, -0.2) is 0 Å². The first kappa shape index (κ1) is 26.4. The number of nitrogens with one attached hydrogen (secondary N) is 2. The molecular weight excluding hydrogens is 470 g/mol. The van der Waals surface area contributed by atoms with Crippen molar-refractivity contribution in [1.29, 1.82) is 0 Å². The van der Waals surface area contributed by atoms with E-state index >= 15 is 0 Å². The third kappa shape index (κ3) is 6.57. The quantitative estimate of drug-likeness (QED) is 0.404. The highest BCUT2D eigenvalue weighted by atomic mass is 35.5. The van der Waals surface area contributed by atoms with E-state index in [4.69, 9.17) is 21.1 Å². The second-order valence-electron chi connectivity index (χ2n) is 9.54. The Balaban J connectivity index is 0.00000148. The molecule has 5 nitrogen and oxygen atoms in total. The summed E-state index contributed by atoms with van der Waals surface area (Å²) in [6, 6.07) is 13.2. The fourth-order valence-electron chi connectivity index (χ4n) is 4.95. The third-order valence-electron chi connectivity index (χ3n) is 7.09. The molecule has 0 spiro atoms. The minimum atomic E-state index is 0.137. The van der Waals surface area contributed by atoms with E-state index in [0.29, 0.717) is 12.0 Å². The molecule has 2 aromatic carbocycles. The van der Waals surface area contributed by atoms with Gasteiger partial charge in [0.1, 0.15) is 11.5 Å². The van der Waals surface area contributed by atoms with Gasteiger partial charge in [0.25, 0.3) is 0 Å². The number of hydrogen-bond acceptors (Lipinski definition) is 5. The fraction of sp³-hybridized carbons (Fsp3) is 0.467. The summed E-state index contributed by atoms with van der Waals surface area (Å²) >= 11 is 6.60. The highest BCUT2D eigenvalue weighted by Gasteiger charge is 2.29. The highest BCUT2D eigenvalue weighted by Crippen LogP contribution is 2.47. The van der Waals surface area contributed by atoms with Crippen LogP contribution in [0.1, 0.15) is 62.6 Å². The maximum atomic E-state index is 6.60. The summed E-state index contributed by atoms with van der Waals surface area (Å²) in [6.45, 7) is 7.17. The summed E-state index contributed by atoms with van der Waals surface area (Å²) in [5, 5.41) is 7.96. The molecule has 6 heteroatoms. The zero-order valence-electron chi connectivity index (χ0n) is 22.0. The molecule has 36 heavy (non-hydrogen) atoms. The van der Waals surface area contributed by atoms with Crippen LogP contribution in [0.3, 0.4) is 0 Å². The lowest BCUT2D eigenvalue weighted by atomic mass is 9.97. The number of hydrogen-bond donors (Lipinski definition) is 2. The van der Waals surface area contributed by atoms with Gasteiger partial charge < -0.3 is 20.1 Å². The minimum Gasteiger partial charge on any atom is -0.497 e. The lowest BCUT2D eigenvalue weighted by molar-refractivity contribution is 0.236. The van der Waals surface area contributed by atoms with E-state index in [2.05, 4.69) is 58.2 Å². The van der Waals surface area contributed by atoms with Crippen molar-refractivity contribution in [2.75, 3.05) is 39.2 Å². The summed E-state index contributed by atoms with van der Waals surface area (Å²) in [5.41, 5.74) is 4.96. The lowest BCUT2D eigenvalue weighted by Gasteiger charge is -2.33. The summed E-state index contributed by atoms with van der Waals surface area (Å²) < 4.78 is 10.8. The molecule has 5 rings (SSSR count). The molecule has 0 radical (unpaired) electrons.